The summed E-state index contributed by atoms with van der Waals surface area (Å²) in [5.74, 6) is -0.0864. The van der Waals surface area contributed by atoms with E-state index in [0.717, 1.165) is 24.1 Å². The first-order chi connectivity index (χ1) is 8.57. The Hall–Kier alpha value is -1.71. The lowest BCUT2D eigenvalue weighted by molar-refractivity contribution is -0.142. The molecular formula is C14H19NO3. The van der Waals surface area contributed by atoms with Crippen LogP contribution in [0.3, 0.4) is 0 Å². The van der Waals surface area contributed by atoms with Gasteiger partial charge in [-0.25, -0.2) is 4.79 Å². The topological polar surface area (TPSA) is 58.6 Å². The minimum absolute atomic E-state index is 0.666. The van der Waals surface area contributed by atoms with E-state index < -0.39 is 11.5 Å². The third-order valence-electron chi connectivity index (χ3n) is 3.60. The number of anilines is 1. The molecule has 0 atom stereocenters. The number of hydrogen-bond acceptors (Lipinski definition) is 3. The molecule has 2 N–H and O–H groups in total. The molecule has 1 aromatic carbocycles. The number of benzene rings is 1. The van der Waals surface area contributed by atoms with Crippen LogP contribution in [0.2, 0.25) is 0 Å². The number of carboxylic acids is 1. The highest BCUT2D eigenvalue weighted by Gasteiger charge is 2.41. The van der Waals surface area contributed by atoms with E-state index in [9.17, 15) is 9.90 Å². The van der Waals surface area contributed by atoms with Gasteiger partial charge < -0.3 is 15.2 Å². The minimum Gasteiger partial charge on any atom is -0.495 e. The molecule has 4 nitrogen and oxygen atoms in total. The molecule has 98 valence electrons. The summed E-state index contributed by atoms with van der Waals surface area (Å²) in [6.45, 7) is 1.98. The van der Waals surface area contributed by atoms with Crippen molar-refractivity contribution in [3.63, 3.8) is 0 Å². The fourth-order valence-corrected chi connectivity index (χ4v) is 2.55. The van der Waals surface area contributed by atoms with Gasteiger partial charge in [0.05, 0.1) is 12.8 Å². The fourth-order valence-electron chi connectivity index (χ4n) is 2.55. The fraction of sp³-hybridized carbons (Fsp3) is 0.500. The third kappa shape index (κ3) is 2.28. The summed E-state index contributed by atoms with van der Waals surface area (Å²) >= 11 is 0. The maximum atomic E-state index is 11.5. The number of aryl methyl sites for hydroxylation is 1. The van der Waals surface area contributed by atoms with Gasteiger partial charge in [0.2, 0.25) is 0 Å². The number of ether oxygens (including phenoxy) is 1. The lowest BCUT2D eigenvalue weighted by atomic mass is 9.97. The summed E-state index contributed by atoms with van der Waals surface area (Å²) in [7, 11) is 1.60. The molecule has 1 fully saturated rings. The largest absolute Gasteiger partial charge is 0.495 e. The zero-order valence-electron chi connectivity index (χ0n) is 10.8. The van der Waals surface area contributed by atoms with Crippen LogP contribution >= 0.6 is 0 Å². The van der Waals surface area contributed by atoms with Gasteiger partial charge in [-0.1, -0.05) is 18.9 Å². The molecular weight excluding hydrogens is 230 g/mol. The Bertz CT molecular complexity index is 450. The van der Waals surface area contributed by atoms with E-state index in [4.69, 9.17) is 4.74 Å². The van der Waals surface area contributed by atoms with Crippen LogP contribution in [0.25, 0.3) is 0 Å². The van der Waals surface area contributed by atoms with Gasteiger partial charge >= 0.3 is 5.97 Å². The van der Waals surface area contributed by atoms with Crippen molar-refractivity contribution < 1.29 is 14.6 Å². The van der Waals surface area contributed by atoms with Gasteiger partial charge in [-0.3, -0.25) is 0 Å². The number of aliphatic carboxylic acids is 1. The van der Waals surface area contributed by atoms with Crippen LogP contribution in [-0.4, -0.2) is 23.7 Å². The monoisotopic (exact) mass is 249 g/mol. The standard InChI is InChI=1S/C14H19NO3/c1-10-5-6-12(18-2)11(9-10)15-14(13(16)17)7-3-4-8-14/h5-6,9,15H,3-4,7-8H2,1-2H3,(H,16,17). The summed E-state index contributed by atoms with van der Waals surface area (Å²) in [6, 6.07) is 5.75. The molecule has 1 saturated carbocycles. The Morgan fingerprint density at radius 2 is 2.06 bits per heavy atom. The number of hydrogen-bond donors (Lipinski definition) is 2. The van der Waals surface area contributed by atoms with Crippen LogP contribution in [0, 0.1) is 6.92 Å². The Kier molecular flexibility index (Phi) is 3.45. The van der Waals surface area contributed by atoms with Crippen LogP contribution in [0.5, 0.6) is 5.75 Å². The maximum absolute atomic E-state index is 11.5. The molecule has 0 unspecified atom stereocenters. The van der Waals surface area contributed by atoms with Crippen LogP contribution in [-0.2, 0) is 4.79 Å². The molecule has 0 heterocycles. The van der Waals surface area contributed by atoms with E-state index in [1.165, 1.54) is 0 Å². The van der Waals surface area contributed by atoms with E-state index in [1.54, 1.807) is 7.11 Å². The highest BCUT2D eigenvalue weighted by Crippen LogP contribution is 2.36. The summed E-state index contributed by atoms with van der Waals surface area (Å²) in [5.41, 5.74) is 1.01. The van der Waals surface area contributed by atoms with Crippen molar-refractivity contribution in [2.75, 3.05) is 12.4 Å². The number of nitrogens with one attached hydrogen (secondary N) is 1. The van der Waals surface area contributed by atoms with Crippen LogP contribution in [0.1, 0.15) is 31.2 Å². The number of carboxylic acid groups (broad SMARTS) is 1. The molecule has 1 aliphatic rings. The predicted octanol–water partition coefficient (Wildman–Crippen LogP) is 2.81. The first kappa shape index (κ1) is 12.7. The maximum Gasteiger partial charge on any atom is 0.329 e. The normalized spacial score (nSPS) is 17.4. The average Bonchev–Trinajstić information content (AvgIpc) is 2.79. The summed E-state index contributed by atoms with van der Waals surface area (Å²) in [4.78, 5) is 11.5. The van der Waals surface area contributed by atoms with E-state index in [-0.39, 0.29) is 0 Å². The van der Waals surface area contributed by atoms with Gasteiger partial charge in [-0.15, -0.1) is 0 Å². The quantitative estimate of drug-likeness (QED) is 0.861. The Morgan fingerprint density at radius 3 is 2.61 bits per heavy atom. The first-order valence-electron chi connectivity index (χ1n) is 6.24. The third-order valence-corrected chi connectivity index (χ3v) is 3.60. The molecule has 0 bridgehead atoms. The van der Waals surface area contributed by atoms with E-state index in [2.05, 4.69) is 5.32 Å². The van der Waals surface area contributed by atoms with Crippen molar-refractivity contribution >= 4 is 11.7 Å². The van der Waals surface area contributed by atoms with Crippen LogP contribution in [0.15, 0.2) is 18.2 Å². The minimum atomic E-state index is -0.832. The van der Waals surface area contributed by atoms with E-state index >= 15 is 0 Å². The first-order valence-corrected chi connectivity index (χ1v) is 6.24. The van der Waals surface area contributed by atoms with Gasteiger partial charge in [0.25, 0.3) is 0 Å². The smallest absolute Gasteiger partial charge is 0.329 e. The second kappa shape index (κ2) is 4.88. The van der Waals surface area contributed by atoms with Gasteiger partial charge in [-0.2, -0.15) is 0 Å². The average molecular weight is 249 g/mol. The van der Waals surface area contributed by atoms with E-state index in [1.807, 2.05) is 25.1 Å². The number of methoxy groups -OCH3 is 1. The summed E-state index contributed by atoms with van der Waals surface area (Å²) in [5, 5.41) is 12.6. The van der Waals surface area contributed by atoms with Crippen molar-refractivity contribution in [1.82, 2.24) is 0 Å². The van der Waals surface area contributed by atoms with Crippen LogP contribution in [0.4, 0.5) is 5.69 Å². The van der Waals surface area contributed by atoms with Crippen molar-refractivity contribution in [2.45, 2.75) is 38.1 Å². The Morgan fingerprint density at radius 1 is 1.39 bits per heavy atom. The number of rotatable bonds is 4. The van der Waals surface area contributed by atoms with Gasteiger partial charge in [0, 0.05) is 0 Å². The highest BCUT2D eigenvalue weighted by molar-refractivity contribution is 5.84. The molecule has 18 heavy (non-hydrogen) atoms. The lowest BCUT2D eigenvalue weighted by Crippen LogP contribution is -2.43. The zero-order valence-corrected chi connectivity index (χ0v) is 10.8. The molecule has 0 amide bonds. The Balaban J connectivity index is 2.32. The van der Waals surface area contributed by atoms with Crippen molar-refractivity contribution in [1.29, 1.82) is 0 Å². The molecule has 4 heteroatoms. The number of carbonyl (C=O) groups is 1. The predicted molar refractivity (Wildman–Crippen MR) is 70.2 cm³/mol. The molecule has 0 saturated heterocycles. The molecule has 0 radical (unpaired) electrons. The van der Waals surface area contributed by atoms with E-state index in [0.29, 0.717) is 18.6 Å². The van der Waals surface area contributed by atoms with Crippen molar-refractivity contribution in [3.05, 3.63) is 23.8 Å². The molecule has 1 aliphatic carbocycles. The molecule has 0 aromatic heterocycles. The van der Waals surface area contributed by atoms with Gasteiger partial charge in [0.1, 0.15) is 11.3 Å². The lowest BCUT2D eigenvalue weighted by Gasteiger charge is -2.27. The van der Waals surface area contributed by atoms with Gasteiger partial charge in [0.15, 0.2) is 0 Å². The SMILES string of the molecule is COc1ccc(C)cc1NC1(C(=O)O)CCCC1. The van der Waals surface area contributed by atoms with Gasteiger partial charge in [-0.05, 0) is 37.5 Å². The van der Waals surface area contributed by atoms with Crippen molar-refractivity contribution in [2.24, 2.45) is 0 Å². The van der Waals surface area contributed by atoms with Crippen LogP contribution < -0.4 is 10.1 Å². The second-order valence-corrected chi connectivity index (χ2v) is 4.92. The molecule has 0 aliphatic heterocycles. The highest BCUT2D eigenvalue weighted by atomic mass is 16.5. The Labute approximate surface area is 107 Å². The molecule has 0 spiro atoms. The molecule has 1 aromatic rings. The molecule has 2 rings (SSSR count). The zero-order chi connectivity index (χ0) is 13.2. The summed E-state index contributed by atoms with van der Waals surface area (Å²) < 4.78 is 5.28. The van der Waals surface area contributed by atoms with Crippen molar-refractivity contribution in [3.8, 4) is 5.75 Å². The summed E-state index contributed by atoms with van der Waals surface area (Å²) in [6.07, 6.45) is 3.24. The second-order valence-electron chi connectivity index (χ2n) is 4.92.